The first-order valence-electron chi connectivity index (χ1n) is 29.2. The molecule has 0 fully saturated rings. The summed E-state index contributed by atoms with van der Waals surface area (Å²) >= 11 is 0. The zero-order chi connectivity index (χ0) is 53.8. The number of nitrogens with two attached hydrogens (primary N) is 1. The van der Waals surface area contributed by atoms with E-state index in [2.05, 4.69) is 148 Å². The number of hydrogen-bond donors (Lipinski definition) is 2. The smallest absolute Gasteiger partial charge is 0.462 e. The van der Waals surface area contributed by atoms with Crippen LogP contribution < -0.4 is 5.73 Å². The molecule has 420 valence electrons. The summed E-state index contributed by atoms with van der Waals surface area (Å²) in [6.07, 6.45) is 82.2. The average molecular weight is 1050 g/mol. The highest BCUT2D eigenvalue weighted by Crippen LogP contribution is 2.43. The lowest BCUT2D eigenvalue weighted by atomic mass is 10.0. The van der Waals surface area contributed by atoms with Gasteiger partial charge in [0.25, 0.3) is 0 Å². The van der Waals surface area contributed by atoms with Gasteiger partial charge in [-0.3, -0.25) is 18.6 Å². The standard InChI is InChI=1S/C64H106NO8P/c1-3-5-7-9-11-13-15-17-19-20-21-22-23-24-25-26-27-28-29-30-31-32-33-34-35-36-37-38-39-40-41-42-43-45-47-49-51-53-55-57-64(67)73-62(61-72-74(68,69)71-59-58-65)60-70-63(66)56-54-52-50-48-46-44-18-16-14-12-10-8-6-4-2/h5,7,11,13,17,19,21-22,24-25,27-28,30-31,33-34,36-37,39-40,42-43,62H,3-4,6,8-10,12,14-16,18,20,23,26,29,32,35,38,41,44-61,65H2,1-2H3,(H,68,69)/b7-5-,13-11-,19-17-,22-21-,25-24-,28-27-,31-30-,34-33-,37-36-,40-39-,43-42-. The van der Waals surface area contributed by atoms with E-state index in [1.54, 1.807) is 0 Å². The second-order valence-electron chi connectivity index (χ2n) is 18.8. The molecule has 74 heavy (non-hydrogen) atoms. The predicted molar refractivity (Wildman–Crippen MR) is 316 cm³/mol. The van der Waals surface area contributed by atoms with Crippen LogP contribution in [0.5, 0.6) is 0 Å². The summed E-state index contributed by atoms with van der Waals surface area (Å²) in [6, 6.07) is 0. The SMILES string of the molecule is CC/C=C\C/C=C\C/C=C\C/C=C\C/C=C\C/C=C\C/C=C\C/C=C\C/C=C\C/C=C\C/C=C\CCCCCCCC(=O)OC(COC(=O)CCCCCCCCCCCCCCCC)COP(=O)(O)OCCN. The van der Waals surface area contributed by atoms with Gasteiger partial charge in [0.05, 0.1) is 13.2 Å². The zero-order valence-corrected chi connectivity index (χ0v) is 47.7. The maximum Gasteiger partial charge on any atom is 0.472 e. The molecule has 2 unspecified atom stereocenters. The van der Waals surface area contributed by atoms with Crippen LogP contribution in [0.15, 0.2) is 134 Å². The van der Waals surface area contributed by atoms with Crippen molar-refractivity contribution in [2.75, 3.05) is 26.4 Å². The van der Waals surface area contributed by atoms with Gasteiger partial charge in [0.15, 0.2) is 6.10 Å². The van der Waals surface area contributed by atoms with E-state index >= 15 is 0 Å². The minimum absolute atomic E-state index is 0.0445. The first-order chi connectivity index (χ1) is 36.3. The summed E-state index contributed by atoms with van der Waals surface area (Å²) in [7, 11) is -4.40. The van der Waals surface area contributed by atoms with Crippen molar-refractivity contribution in [2.45, 2.75) is 232 Å². The number of phosphoric acid groups is 1. The molecular weight excluding hydrogens is 942 g/mol. The van der Waals surface area contributed by atoms with Crippen LogP contribution in [0, 0.1) is 0 Å². The number of phosphoric ester groups is 1. The molecule has 0 amide bonds. The molecule has 0 radical (unpaired) electrons. The van der Waals surface area contributed by atoms with Crippen molar-refractivity contribution in [3.63, 3.8) is 0 Å². The molecule has 10 heteroatoms. The number of carbonyl (C=O) groups excluding carboxylic acids is 2. The molecular formula is C64H106NO8P. The third-order valence-electron chi connectivity index (χ3n) is 11.8. The van der Waals surface area contributed by atoms with Crippen molar-refractivity contribution in [2.24, 2.45) is 5.73 Å². The fraction of sp³-hybridized carbons (Fsp3) is 0.625. The maximum absolute atomic E-state index is 12.7. The Morgan fingerprint density at radius 1 is 0.419 bits per heavy atom. The van der Waals surface area contributed by atoms with Gasteiger partial charge in [-0.25, -0.2) is 4.57 Å². The predicted octanol–water partition coefficient (Wildman–Crippen LogP) is 18.6. The molecule has 0 heterocycles. The number of allylic oxidation sites excluding steroid dienone is 22. The third kappa shape index (κ3) is 57.4. The summed E-state index contributed by atoms with van der Waals surface area (Å²) < 4.78 is 32.9. The summed E-state index contributed by atoms with van der Waals surface area (Å²) in [4.78, 5) is 35.1. The van der Waals surface area contributed by atoms with Crippen LogP contribution in [0.2, 0.25) is 0 Å². The molecule has 0 bridgehead atoms. The molecule has 0 aliphatic rings. The van der Waals surface area contributed by atoms with Crippen molar-refractivity contribution in [3.05, 3.63) is 134 Å². The lowest BCUT2D eigenvalue weighted by molar-refractivity contribution is -0.161. The first-order valence-corrected chi connectivity index (χ1v) is 30.7. The van der Waals surface area contributed by atoms with E-state index in [1.807, 2.05) is 0 Å². The second-order valence-corrected chi connectivity index (χ2v) is 20.2. The highest BCUT2D eigenvalue weighted by Gasteiger charge is 2.26. The zero-order valence-electron chi connectivity index (χ0n) is 46.8. The van der Waals surface area contributed by atoms with Crippen LogP contribution in [-0.4, -0.2) is 49.3 Å². The molecule has 0 rings (SSSR count). The molecule has 3 N–H and O–H groups in total. The largest absolute Gasteiger partial charge is 0.472 e. The topological polar surface area (TPSA) is 134 Å². The Morgan fingerprint density at radius 3 is 1.11 bits per heavy atom. The van der Waals surface area contributed by atoms with E-state index in [1.165, 1.54) is 70.6 Å². The Labute approximate surface area is 453 Å². The molecule has 0 aliphatic carbocycles. The van der Waals surface area contributed by atoms with Gasteiger partial charge < -0.3 is 20.1 Å². The fourth-order valence-corrected chi connectivity index (χ4v) is 8.29. The maximum atomic E-state index is 12.7. The first kappa shape index (κ1) is 70.1. The van der Waals surface area contributed by atoms with Crippen LogP contribution in [0.4, 0.5) is 0 Å². The monoisotopic (exact) mass is 1050 g/mol. The summed E-state index contributed by atoms with van der Waals surface area (Å²) in [6.45, 7) is 3.59. The van der Waals surface area contributed by atoms with E-state index in [0.717, 1.165) is 122 Å². The Bertz CT molecular complexity index is 1670. The summed E-state index contributed by atoms with van der Waals surface area (Å²) in [5.41, 5.74) is 5.37. The number of ether oxygens (including phenoxy) is 2. The van der Waals surface area contributed by atoms with Gasteiger partial charge >= 0.3 is 19.8 Å². The van der Waals surface area contributed by atoms with Gasteiger partial charge in [0.2, 0.25) is 0 Å². The molecule has 2 atom stereocenters. The molecule has 0 saturated carbocycles. The fourth-order valence-electron chi connectivity index (χ4n) is 7.52. The number of rotatable bonds is 53. The van der Waals surface area contributed by atoms with Crippen LogP contribution in [-0.2, 0) is 32.7 Å². The second kappa shape index (κ2) is 58.4. The van der Waals surface area contributed by atoms with Gasteiger partial charge in [-0.2, -0.15) is 0 Å². The Kier molecular flexibility index (Phi) is 55.4. The van der Waals surface area contributed by atoms with Crippen LogP contribution in [0.25, 0.3) is 0 Å². The van der Waals surface area contributed by atoms with Gasteiger partial charge in [-0.05, 0) is 96.3 Å². The van der Waals surface area contributed by atoms with Gasteiger partial charge in [-0.1, -0.05) is 250 Å². The average Bonchev–Trinajstić information content (AvgIpc) is 3.39. The van der Waals surface area contributed by atoms with E-state index < -0.39 is 26.5 Å². The highest BCUT2D eigenvalue weighted by molar-refractivity contribution is 7.47. The van der Waals surface area contributed by atoms with Crippen LogP contribution in [0.1, 0.15) is 226 Å². The van der Waals surface area contributed by atoms with Crippen molar-refractivity contribution in [1.29, 1.82) is 0 Å². The number of hydrogen-bond acceptors (Lipinski definition) is 8. The molecule has 0 aromatic rings. The number of carbonyl (C=O) groups is 2. The van der Waals surface area contributed by atoms with Gasteiger partial charge in [0, 0.05) is 19.4 Å². The molecule has 0 aromatic carbocycles. The van der Waals surface area contributed by atoms with E-state index in [-0.39, 0.29) is 38.6 Å². The van der Waals surface area contributed by atoms with Crippen LogP contribution in [0.3, 0.4) is 0 Å². The molecule has 9 nitrogen and oxygen atoms in total. The molecule has 0 saturated heterocycles. The minimum Gasteiger partial charge on any atom is -0.462 e. The highest BCUT2D eigenvalue weighted by atomic mass is 31.2. The van der Waals surface area contributed by atoms with Gasteiger partial charge in [0.1, 0.15) is 6.61 Å². The van der Waals surface area contributed by atoms with Crippen LogP contribution >= 0.6 is 7.82 Å². The van der Waals surface area contributed by atoms with Crippen molar-refractivity contribution in [1.82, 2.24) is 0 Å². The van der Waals surface area contributed by atoms with E-state index in [9.17, 15) is 19.0 Å². The lowest BCUT2D eigenvalue weighted by Crippen LogP contribution is -2.29. The summed E-state index contributed by atoms with van der Waals surface area (Å²) in [5.74, 6) is -0.855. The van der Waals surface area contributed by atoms with Crippen molar-refractivity contribution >= 4 is 19.8 Å². The normalized spacial score (nSPS) is 14.1. The minimum atomic E-state index is -4.40. The third-order valence-corrected chi connectivity index (χ3v) is 12.8. The molecule has 0 aromatic heterocycles. The van der Waals surface area contributed by atoms with E-state index in [4.69, 9.17) is 24.3 Å². The Balaban J connectivity index is 4.04. The number of unbranched alkanes of at least 4 members (excludes halogenated alkanes) is 18. The van der Waals surface area contributed by atoms with Gasteiger partial charge in [-0.15, -0.1) is 0 Å². The van der Waals surface area contributed by atoms with Crippen molar-refractivity contribution < 1.29 is 37.6 Å². The molecule has 0 spiro atoms. The summed E-state index contributed by atoms with van der Waals surface area (Å²) in [5, 5.41) is 0. The Morgan fingerprint density at radius 2 is 0.743 bits per heavy atom. The Hall–Kier alpha value is -3.85. The van der Waals surface area contributed by atoms with E-state index in [0.29, 0.717) is 6.42 Å². The van der Waals surface area contributed by atoms with Crippen molar-refractivity contribution in [3.8, 4) is 0 Å². The lowest BCUT2D eigenvalue weighted by Gasteiger charge is -2.19. The number of esters is 2. The molecule has 0 aliphatic heterocycles. The quantitative estimate of drug-likeness (QED) is 0.0264.